The normalized spacial score (nSPS) is 11.0. The van der Waals surface area contributed by atoms with E-state index >= 15 is 0 Å². The Morgan fingerprint density at radius 1 is 1.19 bits per heavy atom. The molecule has 0 radical (unpaired) electrons. The number of carbonyl (C=O) groups is 1. The van der Waals surface area contributed by atoms with E-state index in [0.29, 0.717) is 17.1 Å². The summed E-state index contributed by atoms with van der Waals surface area (Å²) in [7, 11) is 0. The van der Waals surface area contributed by atoms with Gasteiger partial charge in [0, 0.05) is 23.2 Å². The van der Waals surface area contributed by atoms with Gasteiger partial charge in [0.2, 0.25) is 0 Å². The van der Waals surface area contributed by atoms with Gasteiger partial charge in [-0.3, -0.25) is 0 Å². The monoisotopic (exact) mass is 299 g/mol. The van der Waals surface area contributed by atoms with Crippen LogP contribution in [0.3, 0.4) is 0 Å². The minimum atomic E-state index is -0.903. The number of nitrogens with zero attached hydrogens (tertiary/aromatic N) is 1. The van der Waals surface area contributed by atoms with Crippen LogP contribution in [-0.2, 0) is 6.54 Å². The number of benzene rings is 2. The van der Waals surface area contributed by atoms with Gasteiger partial charge in [0.15, 0.2) is 0 Å². The molecule has 0 bridgehead atoms. The number of rotatable bonds is 3. The summed E-state index contributed by atoms with van der Waals surface area (Å²) in [5.41, 5.74) is 3.12. The lowest BCUT2D eigenvalue weighted by Crippen LogP contribution is -2.04. The van der Waals surface area contributed by atoms with Crippen molar-refractivity contribution in [2.24, 2.45) is 0 Å². The maximum atomic E-state index is 11.5. The van der Waals surface area contributed by atoms with Gasteiger partial charge in [0.25, 0.3) is 0 Å². The Morgan fingerprint density at radius 2 is 1.90 bits per heavy atom. The van der Waals surface area contributed by atoms with Crippen LogP contribution in [0.25, 0.3) is 10.9 Å². The minimum absolute atomic E-state index is 0.337. The maximum absolute atomic E-state index is 11.5. The van der Waals surface area contributed by atoms with Crippen molar-refractivity contribution in [3.05, 3.63) is 70.4 Å². The fourth-order valence-corrected chi connectivity index (χ4v) is 2.71. The topological polar surface area (TPSA) is 42.2 Å². The molecule has 0 aliphatic carbocycles. The number of halogens is 1. The highest BCUT2D eigenvalue weighted by Crippen LogP contribution is 2.24. The Bertz CT molecular complexity index is 819. The lowest BCUT2D eigenvalue weighted by atomic mass is 10.1. The molecule has 0 atom stereocenters. The van der Waals surface area contributed by atoms with E-state index in [0.717, 1.165) is 22.0 Å². The average Bonchev–Trinajstić information content (AvgIpc) is 2.83. The molecule has 2 aromatic carbocycles. The Hall–Kier alpha value is -2.26. The number of carboxylic acid groups (broad SMARTS) is 1. The number of aryl methyl sites for hydroxylation is 1. The lowest BCUT2D eigenvalue weighted by molar-refractivity contribution is 0.0698. The summed E-state index contributed by atoms with van der Waals surface area (Å²) in [5.74, 6) is -0.903. The largest absolute Gasteiger partial charge is 0.478 e. The first-order valence-electron chi connectivity index (χ1n) is 6.62. The van der Waals surface area contributed by atoms with Crippen LogP contribution >= 0.6 is 11.6 Å². The van der Waals surface area contributed by atoms with E-state index in [9.17, 15) is 9.90 Å². The molecule has 4 heteroatoms. The second-order valence-corrected chi connectivity index (χ2v) is 5.56. The predicted octanol–water partition coefficient (Wildman–Crippen LogP) is 4.35. The molecular weight excluding hydrogens is 286 g/mol. The average molecular weight is 300 g/mol. The van der Waals surface area contributed by atoms with Crippen LogP contribution in [0, 0.1) is 6.92 Å². The Kier molecular flexibility index (Phi) is 3.43. The van der Waals surface area contributed by atoms with Gasteiger partial charge >= 0.3 is 5.97 Å². The van der Waals surface area contributed by atoms with Gasteiger partial charge in [-0.2, -0.15) is 0 Å². The van der Waals surface area contributed by atoms with Gasteiger partial charge in [-0.15, -0.1) is 0 Å². The molecule has 1 N–H and O–H groups in total. The van der Waals surface area contributed by atoms with Gasteiger partial charge in [-0.25, -0.2) is 4.79 Å². The van der Waals surface area contributed by atoms with Gasteiger partial charge in [-0.05, 0) is 48.4 Å². The summed E-state index contributed by atoms with van der Waals surface area (Å²) >= 11 is 5.89. The fraction of sp³-hybridized carbons (Fsp3) is 0.118. The van der Waals surface area contributed by atoms with E-state index in [2.05, 4.69) is 0 Å². The zero-order chi connectivity index (χ0) is 15.0. The van der Waals surface area contributed by atoms with Crippen molar-refractivity contribution in [1.82, 2.24) is 4.57 Å². The maximum Gasteiger partial charge on any atom is 0.337 e. The molecule has 3 aromatic rings. The quantitative estimate of drug-likeness (QED) is 0.781. The Labute approximate surface area is 127 Å². The summed E-state index contributed by atoms with van der Waals surface area (Å²) < 4.78 is 1.96. The highest BCUT2D eigenvalue weighted by molar-refractivity contribution is 6.30. The molecule has 0 unspecified atom stereocenters. The van der Waals surface area contributed by atoms with E-state index in [-0.39, 0.29) is 0 Å². The van der Waals surface area contributed by atoms with Crippen LogP contribution in [0.1, 0.15) is 21.5 Å². The van der Waals surface area contributed by atoms with Crippen molar-refractivity contribution >= 4 is 28.5 Å². The molecule has 3 nitrogen and oxygen atoms in total. The second kappa shape index (κ2) is 5.26. The fourth-order valence-electron chi connectivity index (χ4n) is 2.58. The van der Waals surface area contributed by atoms with Crippen molar-refractivity contribution in [2.45, 2.75) is 13.5 Å². The van der Waals surface area contributed by atoms with Crippen LogP contribution in [0.4, 0.5) is 0 Å². The molecular formula is C17H14ClNO2. The van der Waals surface area contributed by atoms with Crippen LogP contribution in [0.15, 0.2) is 48.7 Å². The van der Waals surface area contributed by atoms with Crippen molar-refractivity contribution < 1.29 is 9.90 Å². The van der Waals surface area contributed by atoms with E-state index in [4.69, 9.17) is 11.6 Å². The van der Waals surface area contributed by atoms with Crippen molar-refractivity contribution in [1.29, 1.82) is 0 Å². The lowest BCUT2D eigenvalue weighted by Gasteiger charge is -2.09. The van der Waals surface area contributed by atoms with E-state index in [1.165, 1.54) is 0 Å². The predicted molar refractivity (Wildman–Crippen MR) is 84.2 cm³/mol. The van der Waals surface area contributed by atoms with Crippen LogP contribution in [-0.4, -0.2) is 15.6 Å². The summed E-state index contributed by atoms with van der Waals surface area (Å²) in [6.45, 7) is 2.52. The first kappa shape index (κ1) is 13.7. The third-order valence-corrected chi connectivity index (χ3v) is 3.75. The SMILES string of the molecule is Cc1cc(C(=O)O)c2c(ccn2Cc2ccc(Cl)cc2)c1. The van der Waals surface area contributed by atoms with Crippen molar-refractivity contribution in [3.8, 4) is 0 Å². The number of aromatic carboxylic acids is 1. The molecule has 0 spiro atoms. The summed E-state index contributed by atoms with van der Waals surface area (Å²) in [6.07, 6.45) is 1.92. The number of hydrogen-bond donors (Lipinski definition) is 1. The number of hydrogen-bond acceptors (Lipinski definition) is 1. The third kappa shape index (κ3) is 2.65. The first-order chi connectivity index (χ1) is 10.0. The van der Waals surface area contributed by atoms with Crippen LogP contribution in [0.2, 0.25) is 5.02 Å². The van der Waals surface area contributed by atoms with E-state index in [1.54, 1.807) is 6.07 Å². The Balaban J connectivity index is 2.11. The van der Waals surface area contributed by atoms with Gasteiger partial charge < -0.3 is 9.67 Å². The number of carboxylic acids is 1. The van der Waals surface area contributed by atoms with E-state index in [1.807, 2.05) is 54.1 Å². The molecule has 106 valence electrons. The molecule has 0 amide bonds. The molecule has 3 rings (SSSR count). The minimum Gasteiger partial charge on any atom is -0.478 e. The second-order valence-electron chi connectivity index (χ2n) is 5.13. The van der Waals surface area contributed by atoms with E-state index < -0.39 is 5.97 Å². The number of fused-ring (bicyclic) bond motifs is 1. The third-order valence-electron chi connectivity index (χ3n) is 3.50. The van der Waals surface area contributed by atoms with Crippen LogP contribution in [0.5, 0.6) is 0 Å². The van der Waals surface area contributed by atoms with Gasteiger partial charge in [0.05, 0.1) is 11.1 Å². The molecule has 21 heavy (non-hydrogen) atoms. The summed E-state index contributed by atoms with van der Waals surface area (Å²) in [4.78, 5) is 11.5. The van der Waals surface area contributed by atoms with Crippen molar-refractivity contribution in [2.75, 3.05) is 0 Å². The zero-order valence-corrected chi connectivity index (χ0v) is 12.3. The molecule has 1 aromatic heterocycles. The van der Waals surface area contributed by atoms with Crippen LogP contribution < -0.4 is 0 Å². The molecule has 0 saturated carbocycles. The zero-order valence-electron chi connectivity index (χ0n) is 11.5. The standard InChI is InChI=1S/C17H14ClNO2/c1-11-8-13-6-7-19(16(13)15(9-11)17(20)21)10-12-2-4-14(18)5-3-12/h2-9H,10H2,1H3,(H,20,21). The highest BCUT2D eigenvalue weighted by atomic mass is 35.5. The Morgan fingerprint density at radius 3 is 2.57 bits per heavy atom. The summed E-state index contributed by atoms with van der Waals surface area (Å²) in [5, 5.41) is 11.1. The highest BCUT2D eigenvalue weighted by Gasteiger charge is 2.13. The van der Waals surface area contributed by atoms with Gasteiger partial charge in [0.1, 0.15) is 0 Å². The van der Waals surface area contributed by atoms with Crippen molar-refractivity contribution in [3.63, 3.8) is 0 Å². The molecule has 0 aliphatic heterocycles. The van der Waals surface area contributed by atoms with Gasteiger partial charge in [-0.1, -0.05) is 23.7 Å². The molecule has 0 fully saturated rings. The smallest absolute Gasteiger partial charge is 0.337 e. The first-order valence-corrected chi connectivity index (χ1v) is 6.99. The molecule has 0 aliphatic rings. The number of aromatic nitrogens is 1. The molecule has 1 heterocycles. The molecule has 0 saturated heterocycles. The summed E-state index contributed by atoms with van der Waals surface area (Å²) in [6, 6.07) is 13.2.